The molecule has 0 aliphatic carbocycles. The van der Waals surface area contributed by atoms with Crippen molar-refractivity contribution in [1.29, 1.82) is 0 Å². The van der Waals surface area contributed by atoms with E-state index in [-0.39, 0.29) is 36.2 Å². The average molecular weight is 516 g/mol. The van der Waals surface area contributed by atoms with E-state index in [1.807, 2.05) is 0 Å². The van der Waals surface area contributed by atoms with E-state index in [2.05, 4.69) is 5.32 Å². The Morgan fingerprint density at radius 3 is 2.64 bits per heavy atom. The monoisotopic (exact) mass is 515 g/mol. The van der Waals surface area contributed by atoms with Crippen LogP contribution in [0.5, 0.6) is 5.75 Å². The summed E-state index contributed by atoms with van der Waals surface area (Å²) in [4.78, 5) is 38.0. The molecule has 2 amide bonds. The topological polar surface area (TPSA) is 132 Å². The number of hydrogen-bond acceptors (Lipinski definition) is 8. The molecule has 2 aromatic rings. The Kier molecular flexibility index (Phi) is 7.67. The molecule has 2 aliphatic heterocycles. The summed E-state index contributed by atoms with van der Waals surface area (Å²) in [5.74, 6) is -1.53. The zero-order valence-electron chi connectivity index (χ0n) is 19.5. The fourth-order valence-electron chi connectivity index (χ4n) is 3.80. The molecule has 0 unspecified atom stereocenters. The van der Waals surface area contributed by atoms with Crippen molar-refractivity contribution in [2.24, 2.45) is 0 Å². The van der Waals surface area contributed by atoms with Gasteiger partial charge in [0.25, 0.3) is 5.91 Å². The highest BCUT2D eigenvalue weighted by Crippen LogP contribution is 2.30. The lowest BCUT2D eigenvalue weighted by Crippen LogP contribution is -2.43. The van der Waals surface area contributed by atoms with E-state index in [9.17, 15) is 22.8 Å². The highest BCUT2D eigenvalue weighted by molar-refractivity contribution is 7.89. The van der Waals surface area contributed by atoms with Crippen molar-refractivity contribution in [3.8, 4) is 5.75 Å². The molecule has 1 saturated heterocycles. The van der Waals surface area contributed by atoms with Crippen LogP contribution in [0.25, 0.3) is 6.08 Å². The third-order valence-electron chi connectivity index (χ3n) is 5.60. The maximum atomic E-state index is 13.1. The number of rotatable bonds is 7. The van der Waals surface area contributed by atoms with Gasteiger partial charge >= 0.3 is 5.97 Å². The smallest absolute Gasteiger partial charge is 0.331 e. The molecule has 190 valence electrons. The molecule has 0 spiro atoms. The van der Waals surface area contributed by atoms with Crippen LogP contribution in [0.2, 0.25) is 0 Å². The van der Waals surface area contributed by atoms with Crippen molar-refractivity contribution < 1.29 is 37.0 Å². The molecule has 12 heteroatoms. The Labute approximate surface area is 208 Å². The predicted octanol–water partition coefficient (Wildman–Crippen LogP) is 1.26. The number of ether oxygens (including phenoxy) is 3. The second-order valence-corrected chi connectivity index (χ2v) is 9.82. The van der Waals surface area contributed by atoms with Gasteiger partial charge in [-0.25, -0.2) is 13.2 Å². The number of anilines is 2. The van der Waals surface area contributed by atoms with E-state index in [1.165, 1.54) is 34.5 Å². The maximum Gasteiger partial charge on any atom is 0.331 e. The van der Waals surface area contributed by atoms with Crippen LogP contribution >= 0.6 is 0 Å². The molecule has 2 heterocycles. The fourth-order valence-corrected chi connectivity index (χ4v) is 5.40. The van der Waals surface area contributed by atoms with Crippen LogP contribution in [0.15, 0.2) is 53.4 Å². The van der Waals surface area contributed by atoms with Crippen LogP contribution in [0.4, 0.5) is 11.4 Å². The zero-order valence-corrected chi connectivity index (χ0v) is 20.3. The van der Waals surface area contributed by atoms with Crippen molar-refractivity contribution in [1.82, 2.24) is 4.31 Å². The molecule has 0 saturated carbocycles. The molecular weight excluding hydrogens is 490 g/mol. The number of carbonyl (C=O) groups is 3. The second-order valence-electron chi connectivity index (χ2n) is 7.91. The molecule has 1 fully saturated rings. The highest BCUT2D eigenvalue weighted by Gasteiger charge is 2.30. The van der Waals surface area contributed by atoms with Gasteiger partial charge in [0.2, 0.25) is 15.9 Å². The van der Waals surface area contributed by atoms with Crippen molar-refractivity contribution in [2.45, 2.75) is 4.90 Å². The summed E-state index contributed by atoms with van der Waals surface area (Å²) in [5.41, 5.74) is 1.43. The number of esters is 1. The summed E-state index contributed by atoms with van der Waals surface area (Å²) < 4.78 is 43.0. The number of methoxy groups -OCH3 is 1. The number of nitrogens with zero attached hydrogens (tertiary/aromatic N) is 2. The number of benzene rings is 2. The van der Waals surface area contributed by atoms with Crippen LogP contribution in [0.1, 0.15) is 5.56 Å². The molecule has 36 heavy (non-hydrogen) atoms. The molecule has 0 aromatic heterocycles. The minimum atomic E-state index is -3.83. The van der Waals surface area contributed by atoms with Gasteiger partial charge in [0.15, 0.2) is 6.61 Å². The number of sulfonamides is 1. The van der Waals surface area contributed by atoms with Crippen molar-refractivity contribution >= 4 is 45.3 Å². The molecule has 4 rings (SSSR count). The van der Waals surface area contributed by atoms with Gasteiger partial charge in [0.05, 0.1) is 31.7 Å². The third kappa shape index (κ3) is 5.56. The van der Waals surface area contributed by atoms with E-state index < -0.39 is 28.5 Å². The molecule has 0 atom stereocenters. The summed E-state index contributed by atoms with van der Waals surface area (Å²) in [5, 5.41) is 2.68. The van der Waals surface area contributed by atoms with Crippen LogP contribution in [0.3, 0.4) is 0 Å². The number of carbonyl (C=O) groups excluding carboxylic acids is 3. The predicted molar refractivity (Wildman–Crippen MR) is 130 cm³/mol. The van der Waals surface area contributed by atoms with Crippen LogP contribution in [-0.4, -0.2) is 77.1 Å². The number of hydrogen-bond donors (Lipinski definition) is 1. The van der Waals surface area contributed by atoms with Gasteiger partial charge in [-0.2, -0.15) is 4.31 Å². The molecular formula is C24H25N3O8S. The lowest BCUT2D eigenvalue weighted by atomic mass is 10.2. The fraction of sp³-hybridized carbons (Fsp3) is 0.292. The SMILES string of the molecule is COc1ccc(/C=C/C(=O)OCC(=O)N2CC(=O)Nc3ccccc32)cc1S(=O)(=O)N1CCOCC1. The Bertz CT molecular complexity index is 1300. The van der Waals surface area contributed by atoms with Crippen LogP contribution in [-0.2, 0) is 33.9 Å². The minimum Gasteiger partial charge on any atom is -0.495 e. The number of morpholine rings is 1. The van der Waals surface area contributed by atoms with Crippen molar-refractivity contribution in [3.05, 3.63) is 54.1 Å². The largest absolute Gasteiger partial charge is 0.495 e. The Hall–Kier alpha value is -3.74. The first-order chi connectivity index (χ1) is 17.3. The summed E-state index contributed by atoms with van der Waals surface area (Å²) in [6.45, 7) is 0.322. The summed E-state index contributed by atoms with van der Waals surface area (Å²) >= 11 is 0. The molecule has 2 aliphatic rings. The Morgan fingerprint density at radius 2 is 1.89 bits per heavy atom. The first-order valence-corrected chi connectivity index (χ1v) is 12.5. The van der Waals surface area contributed by atoms with Gasteiger partial charge in [-0.1, -0.05) is 18.2 Å². The number of amides is 2. The molecule has 0 bridgehead atoms. The Morgan fingerprint density at radius 1 is 1.14 bits per heavy atom. The minimum absolute atomic E-state index is 0.0281. The molecule has 11 nitrogen and oxygen atoms in total. The van der Waals surface area contributed by atoms with Gasteiger partial charge < -0.3 is 19.5 Å². The number of nitrogens with one attached hydrogen (secondary N) is 1. The van der Waals surface area contributed by atoms with Gasteiger partial charge in [-0.3, -0.25) is 14.5 Å². The number of para-hydroxylation sites is 2. The van der Waals surface area contributed by atoms with E-state index in [0.717, 1.165) is 6.08 Å². The summed E-state index contributed by atoms with van der Waals surface area (Å²) in [6.07, 6.45) is 2.48. The zero-order chi connectivity index (χ0) is 25.7. The van der Waals surface area contributed by atoms with E-state index in [1.54, 1.807) is 30.3 Å². The number of fused-ring (bicyclic) bond motifs is 1. The second kappa shape index (κ2) is 10.9. The maximum absolute atomic E-state index is 13.1. The molecule has 2 aromatic carbocycles. The van der Waals surface area contributed by atoms with Crippen molar-refractivity contribution in [3.63, 3.8) is 0 Å². The van der Waals surface area contributed by atoms with E-state index in [4.69, 9.17) is 14.2 Å². The van der Waals surface area contributed by atoms with E-state index >= 15 is 0 Å². The lowest BCUT2D eigenvalue weighted by molar-refractivity contribution is -0.143. The standard InChI is InChI=1S/C24H25N3O8S/c1-33-20-8-6-17(14-21(20)36(31,32)26-10-12-34-13-11-26)7-9-24(30)35-16-23(29)27-15-22(28)25-18-4-2-3-5-19(18)27/h2-9,14H,10-13,15-16H2,1H3,(H,25,28)/b9-7+. The lowest BCUT2D eigenvalue weighted by Gasteiger charge is -2.28. The van der Waals surface area contributed by atoms with Crippen molar-refractivity contribution in [2.75, 3.05) is 56.8 Å². The summed E-state index contributed by atoms with van der Waals surface area (Å²) in [7, 11) is -2.46. The van der Waals surface area contributed by atoms with Crippen LogP contribution < -0.4 is 15.0 Å². The Balaban J connectivity index is 1.42. The third-order valence-corrected chi connectivity index (χ3v) is 7.52. The normalized spacial score (nSPS) is 16.4. The first-order valence-electron chi connectivity index (χ1n) is 11.1. The van der Waals surface area contributed by atoms with Crippen LogP contribution in [0, 0.1) is 0 Å². The average Bonchev–Trinajstić information content (AvgIpc) is 2.90. The summed E-state index contributed by atoms with van der Waals surface area (Å²) in [6, 6.07) is 11.3. The van der Waals surface area contributed by atoms with Gasteiger partial charge in [-0.05, 0) is 35.9 Å². The quantitative estimate of drug-likeness (QED) is 0.431. The highest BCUT2D eigenvalue weighted by atomic mass is 32.2. The van der Waals surface area contributed by atoms with E-state index in [0.29, 0.717) is 30.2 Å². The molecule has 1 N–H and O–H groups in total. The van der Waals surface area contributed by atoms with Gasteiger partial charge in [-0.15, -0.1) is 0 Å². The first kappa shape index (κ1) is 25.4. The molecule has 0 radical (unpaired) electrons. The van der Waals surface area contributed by atoms with Gasteiger partial charge in [0.1, 0.15) is 17.2 Å². The van der Waals surface area contributed by atoms with Gasteiger partial charge in [0, 0.05) is 19.2 Å².